The van der Waals surface area contributed by atoms with E-state index in [4.69, 9.17) is 19.2 Å². The number of allylic oxidation sites excluding steroid dienone is 1. The highest BCUT2D eigenvalue weighted by Crippen LogP contribution is 2.60. The van der Waals surface area contributed by atoms with E-state index < -0.39 is 6.10 Å². The van der Waals surface area contributed by atoms with Gasteiger partial charge in [0.15, 0.2) is 0 Å². The molecule has 4 unspecified atom stereocenters. The second-order valence-electron chi connectivity index (χ2n) is 10.5. The third-order valence-electron chi connectivity index (χ3n) is 8.41. The van der Waals surface area contributed by atoms with Crippen LogP contribution in [0.3, 0.4) is 0 Å². The molecule has 1 saturated heterocycles. The molecule has 1 heterocycles. The molecule has 174 valence electrons. The van der Waals surface area contributed by atoms with Gasteiger partial charge in [0.05, 0.1) is 18.8 Å². The van der Waals surface area contributed by atoms with Crippen molar-refractivity contribution in [3.63, 3.8) is 0 Å². The van der Waals surface area contributed by atoms with Gasteiger partial charge >= 0.3 is 5.97 Å². The van der Waals surface area contributed by atoms with Gasteiger partial charge in [-0.05, 0) is 44.4 Å². The number of carbonyl (C=O) groups is 1. The summed E-state index contributed by atoms with van der Waals surface area (Å²) in [5, 5.41) is 11.2. The number of hydrogen-bond donors (Lipinski definition) is 1. The zero-order valence-corrected chi connectivity index (χ0v) is 19.4. The molecular weight excluding hydrogens is 396 g/mol. The van der Waals surface area contributed by atoms with E-state index in [1.54, 1.807) is 0 Å². The lowest BCUT2D eigenvalue weighted by atomic mass is 9.54. The first-order chi connectivity index (χ1) is 14.7. The average Bonchev–Trinajstić information content (AvgIpc) is 3.03. The lowest BCUT2D eigenvalue weighted by Gasteiger charge is -2.58. The predicted molar refractivity (Wildman–Crippen MR) is 116 cm³/mol. The van der Waals surface area contributed by atoms with Crippen molar-refractivity contribution in [1.82, 2.24) is 0 Å². The third-order valence-corrected chi connectivity index (χ3v) is 8.41. The highest BCUT2D eigenvalue weighted by Gasteiger charge is 2.62. The van der Waals surface area contributed by atoms with Crippen molar-refractivity contribution in [3.8, 4) is 0 Å². The summed E-state index contributed by atoms with van der Waals surface area (Å²) < 4.78 is 12.2. The van der Waals surface area contributed by atoms with Crippen LogP contribution in [0.25, 0.3) is 0 Å². The molecule has 0 bridgehead atoms. The Morgan fingerprint density at radius 1 is 1.32 bits per heavy atom. The zero-order chi connectivity index (χ0) is 22.4. The number of aliphatic hydroxyl groups is 1. The molecule has 4 rings (SSSR count). The molecule has 0 aromatic heterocycles. The molecule has 2 saturated carbocycles. The van der Waals surface area contributed by atoms with Crippen molar-refractivity contribution < 1.29 is 29.1 Å². The molecule has 31 heavy (non-hydrogen) atoms. The fraction of sp³-hybridized carbons (Fsp3) is 0.800. The van der Waals surface area contributed by atoms with Crippen molar-refractivity contribution in [3.05, 3.63) is 24.0 Å². The summed E-state index contributed by atoms with van der Waals surface area (Å²) in [7, 11) is 0. The summed E-state index contributed by atoms with van der Waals surface area (Å²) >= 11 is 0. The number of aliphatic hydroxyl groups excluding tert-OH is 1. The lowest BCUT2D eigenvalue weighted by Crippen LogP contribution is -2.61. The molecule has 1 N–H and O–H groups in total. The van der Waals surface area contributed by atoms with E-state index >= 15 is 0 Å². The summed E-state index contributed by atoms with van der Waals surface area (Å²) in [5.74, 6) is 0.711. The maximum Gasteiger partial charge on any atom is 0.302 e. The molecule has 3 fully saturated rings. The summed E-state index contributed by atoms with van der Waals surface area (Å²) in [4.78, 5) is 22.7. The van der Waals surface area contributed by atoms with Crippen molar-refractivity contribution >= 4 is 5.97 Å². The molecule has 1 aliphatic heterocycles. The van der Waals surface area contributed by atoms with Gasteiger partial charge in [0.25, 0.3) is 0 Å². The SMILES string of the molecule is C=C(CCC)OO[C@H]1CC[C@@]2(C)C(=C[C@H](O)C3C4CCC(OC(C)=O)[C@@]4(C)COC32)C1. The van der Waals surface area contributed by atoms with Gasteiger partial charge in [0.1, 0.15) is 18.0 Å². The van der Waals surface area contributed by atoms with Gasteiger partial charge in [-0.2, -0.15) is 4.89 Å². The number of ether oxygens (including phenoxy) is 2. The van der Waals surface area contributed by atoms with Gasteiger partial charge in [-0.15, -0.1) is 0 Å². The van der Waals surface area contributed by atoms with Crippen LogP contribution in [0.15, 0.2) is 24.0 Å². The second kappa shape index (κ2) is 8.53. The third kappa shape index (κ3) is 3.96. The van der Waals surface area contributed by atoms with E-state index in [0.29, 0.717) is 12.4 Å². The summed E-state index contributed by atoms with van der Waals surface area (Å²) in [5.41, 5.74) is 0.842. The molecule has 0 amide bonds. The minimum absolute atomic E-state index is 0.0195. The van der Waals surface area contributed by atoms with E-state index in [9.17, 15) is 9.90 Å². The van der Waals surface area contributed by atoms with Crippen LogP contribution in [0, 0.1) is 22.7 Å². The van der Waals surface area contributed by atoms with Crippen LogP contribution in [0.2, 0.25) is 0 Å². The van der Waals surface area contributed by atoms with Gasteiger partial charge in [-0.3, -0.25) is 4.79 Å². The average molecular weight is 435 g/mol. The molecule has 0 aromatic carbocycles. The Hall–Kier alpha value is -1.37. The molecule has 0 radical (unpaired) electrons. The highest BCUT2D eigenvalue weighted by atomic mass is 17.2. The number of rotatable bonds is 6. The maximum atomic E-state index is 11.6. The Kier molecular flexibility index (Phi) is 6.27. The summed E-state index contributed by atoms with van der Waals surface area (Å²) in [6.07, 6.45) is 7.37. The van der Waals surface area contributed by atoms with Gasteiger partial charge in [-0.25, -0.2) is 0 Å². The summed E-state index contributed by atoms with van der Waals surface area (Å²) in [6, 6.07) is 0. The lowest BCUT2D eigenvalue weighted by molar-refractivity contribution is -0.303. The minimum atomic E-state index is -0.566. The largest absolute Gasteiger partial charge is 0.462 e. The first-order valence-corrected chi connectivity index (χ1v) is 11.9. The second-order valence-corrected chi connectivity index (χ2v) is 10.5. The molecule has 0 aromatic rings. The molecule has 0 spiro atoms. The number of hydrogen-bond acceptors (Lipinski definition) is 6. The molecular formula is C25H38O6. The minimum Gasteiger partial charge on any atom is -0.462 e. The Bertz CT molecular complexity index is 746. The standard InChI is InChI=1S/C25H38O6/c1-6-7-15(2)30-31-18-10-11-24(4)17(12-18)13-20(27)22-19-8-9-21(29-16(3)26)25(19,5)14-28-23(22)24/h13,18-23,27H,2,6-12,14H2,1,3-5H3/t18-,19?,20-,21?,22?,23?,24-,25-/m0/s1. The van der Waals surface area contributed by atoms with Crippen LogP contribution in [-0.4, -0.2) is 42.1 Å². The highest BCUT2D eigenvalue weighted by molar-refractivity contribution is 5.66. The van der Waals surface area contributed by atoms with Crippen LogP contribution in [-0.2, 0) is 24.0 Å². The van der Waals surface area contributed by atoms with E-state index in [1.807, 2.05) is 6.08 Å². The topological polar surface area (TPSA) is 74.2 Å². The van der Waals surface area contributed by atoms with Crippen molar-refractivity contribution in [2.45, 2.75) is 97.1 Å². The molecule has 8 atom stereocenters. The van der Waals surface area contributed by atoms with Crippen LogP contribution >= 0.6 is 0 Å². The van der Waals surface area contributed by atoms with Gasteiger partial charge < -0.3 is 19.5 Å². The first kappa shape index (κ1) is 22.8. The monoisotopic (exact) mass is 434 g/mol. The number of esters is 1. The van der Waals surface area contributed by atoms with Crippen molar-refractivity contribution in [2.24, 2.45) is 22.7 Å². The Balaban J connectivity index is 1.50. The fourth-order valence-corrected chi connectivity index (χ4v) is 6.71. The Labute approximate surface area is 185 Å². The normalized spacial score (nSPS) is 43.8. The smallest absolute Gasteiger partial charge is 0.302 e. The van der Waals surface area contributed by atoms with Crippen LogP contribution in [0.1, 0.15) is 72.6 Å². The van der Waals surface area contributed by atoms with E-state index in [1.165, 1.54) is 12.5 Å². The predicted octanol–water partition coefficient (Wildman–Crippen LogP) is 4.47. The zero-order valence-electron chi connectivity index (χ0n) is 19.4. The van der Waals surface area contributed by atoms with Gasteiger partial charge in [0, 0.05) is 30.1 Å². The molecule has 6 nitrogen and oxygen atoms in total. The van der Waals surface area contributed by atoms with Crippen LogP contribution in [0.5, 0.6) is 0 Å². The summed E-state index contributed by atoms with van der Waals surface area (Å²) in [6.45, 7) is 12.4. The molecule has 6 heteroatoms. The maximum absolute atomic E-state index is 11.6. The quantitative estimate of drug-likeness (QED) is 0.219. The number of carbonyl (C=O) groups excluding carboxylic acids is 1. The van der Waals surface area contributed by atoms with E-state index in [-0.39, 0.29) is 46.9 Å². The van der Waals surface area contributed by atoms with Crippen LogP contribution in [0.4, 0.5) is 0 Å². The van der Waals surface area contributed by atoms with Crippen molar-refractivity contribution in [1.29, 1.82) is 0 Å². The Morgan fingerprint density at radius 3 is 2.81 bits per heavy atom. The molecule has 4 aliphatic rings. The molecule has 3 aliphatic carbocycles. The number of fused-ring (bicyclic) bond motifs is 5. The van der Waals surface area contributed by atoms with Gasteiger partial charge in [0.2, 0.25) is 0 Å². The van der Waals surface area contributed by atoms with Gasteiger partial charge in [-0.1, -0.05) is 39.0 Å². The van der Waals surface area contributed by atoms with Crippen LogP contribution < -0.4 is 0 Å². The van der Waals surface area contributed by atoms with E-state index in [2.05, 4.69) is 27.4 Å². The van der Waals surface area contributed by atoms with Crippen molar-refractivity contribution in [2.75, 3.05) is 6.61 Å². The van der Waals surface area contributed by atoms with E-state index in [0.717, 1.165) is 44.9 Å². The fourth-order valence-electron chi connectivity index (χ4n) is 6.71. The first-order valence-electron chi connectivity index (χ1n) is 11.9. The Morgan fingerprint density at radius 2 is 2.10 bits per heavy atom.